The molecule has 7 nitrogen and oxygen atoms in total. The molecule has 0 saturated carbocycles. The smallest absolute Gasteiger partial charge is 0.268 e. The highest BCUT2D eigenvalue weighted by molar-refractivity contribution is 7.95. The van der Waals surface area contributed by atoms with Crippen molar-refractivity contribution in [2.24, 2.45) is 0 Å². The van der Waals surface area contributed by atoms with Gasteiger partial charge in [0, 0.05) is 0 Å². The lowest BCUT2D eigenvalue weighted by molar-refractivity contribution is -0.284. The van der Waals surface area contributed by atoms with E-state index in [1.165, 1.54) is 42.5 Å². The van der Waals surface area contributed by atoms with Crippen molar-refractivity contribution < 1.29 is 17.5 Å². The van der Waals surface area contributed by atoms with Crippen LogP contribution in [0.2, 0.25) is 0 Å². The van der Waals surface area contributed by atoms with Gasteiger partial charge in [0.15, 0.2) is 0 Å². The van der Waals surface area contributed by atoms with Crippen LogP contribution < -0.4 is 4.31 Å². The average molecular weight is 336 g/mol. The van der Waals surface area contributed by atoms with Crippen LogP contribution in [0.5, 0.6) is 0 Å². The number of hydrogen-bond acceptors (Lipinski definition) is 6. The first-order valence-electron chi connectivity index (χ1n) is 6.03. The molecule has 22 heavy (non-hydrogen) atoms. The first-order chi connectivity index (χ1) is 10.4. The van der Waals surface area contributed by atoms with Gasteiger partial charge in [-0.05, 0) is 24.3 Å². The Kier molecular flexibility index (Phi) is 3.38. The van der Waals surface area contributed by atoms with E-state index in [1.54, 1.807) is 6.07 Å². The number of hydrogen-bond donors (Lipinski definition) is 0. The maximum atomic E-state index is 12.6. The van der Waals surface area contributed by atoms with Gasteiger partial charge in [-0.2, -0.15) is 4.31 Å². The molecule has 0 radical (unpaired) electrons. The maximum absolute atomic E-state index is 12.6. The second-order valence-corrected chi connectivity index (χ2v) is 7.03. The second-order valence-electron chi connectivity index (χ2n) is 4.35. The predicted octanol–water partition coefficient (Wildman–Crippen LogP) is 2.32. The van der Waals surface area contributed by atoms with Gasteiger partial charge in [0.2, 0.25) is 0 Å². The number of fused-ring (bicyclic) bond motifs is 1. The highest BCUT2D eigenvalue weighted by atomic mass is 32.2. The van der Waals surface area contributed by atoms with Crippen molar-refractivity contribution in [2.75, 3.05) is 4.31 Å². The molecule has 3 rings (SSSR count). The van der Waals surface area contributed by atoms with Crippen LogP contribution >= 0.6 is 11.9 Å². The molecule has 0 aliphatic carbocycles. The predicted molar refractivity (Wildman–Crippen MR) is 79.7 cm³/mol. The lowest BCUT2D eigenvalue weighted by Gasteiger charge is -2.16. The summed E-state index contributed by atoms with van der Waals surface area (Å²) in [6, 6.07) is 11.7. The summed E-state index contributed by atoms with van der Waals surface area (Å²) in [4.78, 5) is 23.1. The van der Waals surface area contributed by atoms with Gasteiger partial charge in [-0.25, -0.2) is 8.42 Å². The number of sulfonamides is 1. The SMILES string of the molecule is O=C1c2ccccc2S(=O)(=O)N1c1ccccc1S[N+](=O)[O-]. The fraction of sp³-hybridized carbons (Fsp3) is 0. The Morgan fingerprint density at radius 1 is 1.05 bits per heavy atom. The molecular formula is C13H8N2O5S2. The summed E-state index contributed by atoms with van der Waals surface area (Å²) < 4.78 is 25.1. The number of anilines is 1. The lowest BCUT2D eigenvalue weighted by Crippen LogP contribution is -2.30. The molecule has 0 atom stereocenters. The minimum Gasteiger partial charge on any atom is -0.268 e. The van der Waals surface area contributed by atoms with Crippen LogP contribution in [0, 0.1) is 10.1 Å². The highest BCUT2D eigenvalue weighted by Gasteiger charge is 2.43. The van der Waals surface area contributed by atoms with Gasteiger partial charge in [-0.1, -0.05) is 24.3 Å². The maximum Gasteiger partial charge on any atom is 0.273 e. The zero-order chi connectivity index (χ0) is 15.9. The van der Waals surface area contributed by atoms with Crippen LogP contribution in [0.1, 0.15) is 10.4 Å². The number of para-hydroxylation sites is 1. The zero-order valence-corrected chi connectivity index (χ0v) is 12.5. The minimum atomic E-state index is -4.06. The van der Waals surface area contributed by atoms with E-state index in [0.717, 1.165) is 0 Å². The van der Waals surface area contributed by atoms with E-state index in [1.807, 2.05) is 0 Å². The molecule has 0 fully saturated rings. The van der Waals surface area contributed by atoms with Crippen LogP contribution in [0.4, 0.5) is 5.69 Å². The average Bonchev–Trinajstić information content (AvgIpc) is 2.67. The van der Waals surface area contributed by atoms with Gasteiger partial charge in [0.05, 0.1) is 11.3 Å². The van der Waals surface area contributed by atoms with Crippen LogP contribution in [-0.2, 0) is 10.0 Å². The fourth-order valence-corrected chi connectivity index (χ4v) is 4.43. The molecule has 2 aromatic rings. The van der Waals surface area contributed by atoms with E-state index in [9.17, 15) is 23.3 Å². The summed E-state index contributed by atoms with van der Waals surface area (Å²) in [6.07, 6.45) is 0. The third-order valence-electron chi connectivity index (χ3n) is 3.08. The van der Waals surface area contributed by atoms with E-state index in [0.29, 0.717) is 4.31 Å². The Hall–Kier alpha value is -2.39. The molecule has 9 heteroatoms. The van der Waals surface area contributed by atoms with Gasteiger partial charge < -0.3 is 0 Å². The van der Waals surface area contributed by atoms with E-state index < -0.39 is 20.3 Å². The van der Waals surface area contributed by atoms with Gasteiger partial charge >= 0.3 is 0 Å². The summed E-state index contributed by atoms with van der Waals surface area (Å²) >= 11 is 0.257. The Balaban J connectivity index is 2.19. The highest BCUT2D eigenvalue weighted by Crippen LogP contribution is 2.39. The van der Waals surface area contributed by atoms with E-state index in [4.69, 9.17) is 0 Å². The lowest BCUT2D eigenvalue weighted by atomic mass is 10.2. The summed E-state index contributed by atoms with van der Waals surface area (Å²) in [5.74, 6) is -0.716. The standard InChI is InChI=1S/C13H8N2O5S2/c16-13-9-5-1-4-8-12(9)22(19,20)14(13)10-6-2-3-7-11(10)21-15(17)18/h1-8H. The van der Waals surface area contributed by atoms with Crippen molar-refractivity contribution >= 4 is 33.6 Å². The molecule has 1 amide bonds. The summed E-state index contributed by atoms with van der Waals surface area (Å²) in [6.45, 7) is 0. The number of amides is 1. The Labute approximate surface area is 129 Å². The van der Waals surface area contributed by atoms with Gasteiger partial charge in [-0.3, -0.25) is 14.9 Å². The number of carbonyl (C=O) groups excluding carboxylic acids is 1. The molecular weight excluding hydrogens is 328 g/mol. The molecule has 0 aromatic heterocycles. The second kappa shape index (κ2) is 5.11. The van der Waals surface area contributed by atoms with Crippen molar-refractivity contribution in [3.05, 3.63) is 64.2 Å². The van der Waals surface area contributed by atoms with E-state index in [-0.39, 0.29) is 33.0 Å². The third kappa shape index (κ3) is 2.14. The van der Waals surface area contributed by atoms with Crippen LogP contribution in [0.15, 0.2) is 58.3 Å². The van der Waals surface area contributed by atoms with Gasteiger partial charge in [-0.15, -0.1) is 0 Å². The summed E-state index contributed by atoms with van der Waals surface area (Å²) in [5, 5.41) is 10.7. The quantitative estimate of drug-likeness (QED) is 0.485. The van der Waals surface area contributed by atoms with Crippen molar-refractivity contribution in [1.82, 2.24) is 0 Å². The van der Waals surface area contributed by atoms with E-state index >= 15 is 0 Å². The van der Waals surface area contributed by atoms with Crippen molar-refractivity contribution in [3.8, 4) is 0 Å². The number of carbonyl (C=O) groups is 1. The van der Waals surface area contributed by atoms with Crippen LogP contribution in [-0.4, -0.2) is 18.7 Å². The van der Waals surface area contributed by atoms with Crippen molar-refractivity contribution in [1.29, 1.82) is 0 Å². The monoisotopic (exact) mass is 336 g/mol. The first-order valence-corrected chi connectivity index (χ1v) is 8.24. The topological polar surface area (TPSA) is 97.6 Å². The number of nitro groups is 1. The third-order valence-corrected chi connectivity index (χ3v) is 5.52. The number of benzene rings is 2. The molecule has 0 spiro atoms. The van der Waals surface area contributed by atoms with E-state index in [2.05, 4.69) is 0 Å². The van der Waals surface area contributed by atoms with Crippen LogP contribution in [0.3, 0.4) is 0 Å². The van der Waals surface area contributed by atoms with Gasteiger partial charge in [0.1, 0.15) is 14.1 Å². The fourth-order valence-electron chi connectivity index (χ4n) is 2.21. The minimum absolute atomic E-state index is 0.0228. The molecule has 1 aliphatic rings. The largest absolute Gasteiger partial charge is 0.273 e. The molecule has 112 valence electrons. The van der Waals surface area contributed by atoms with Crippen molar-refractivity contribution in [2.45, 2.75) is 9.79 Å². The zero-order valence-electron chi connectivity index (χ0n) is 10.9. The number of nitrogens with zero attached hydrogens (tertiary/aromatic N) is 2. The number of rotatable bonds is 3. The van der Waals surface area contributed by atoms with Crippen LogP contribution in [0.25, 0.3) is 0 Å². The summed E-state index contributed by atoms with van der Waals surface area (Å²) in [5.41, 5.74) is 0.0359. The Morgan fingerprint density at radius 3 is 2.36 bits per heavy atom. The molecule has 0 unspecified atom stereocenters. The molecule has 0 N–H and O–H groups in total. The van der Waals surface area contributed by atoms with Gasteiger partial charge in [0.25, 0.3) is 27.9 Å². The first kappa shape index (κ1) is 14.5. The molecule has 1 aliphatic heterocycles. The Bertz CT molecular complexity index is 895. The molecule has 0 saturated heterocycles. The molecule has 1 heterocycles. The Morgan fingerprint density at radius 2 is 1.68 bits per heavy atom. The normalized spacial score (nSPS) is 15.6. The van der Waals surface area contributed by atoms with Crippen molar-refractivity contribution in [3.63, 3.8) is 0 Å². The summed E-state index contributed by atoms with van der Waals surface area (Å²) in [7, 11) is -4.06. The molecule has 2 aromatic carbocycles. The molecule has 0 bridgehead atoms.